The minimum absolute atomic E-state index is 0. The predicted molar refractivity (Wildman–Crippen MR) is 105 cm³/mol. The van der Waals surface area contributed by atoms with Crippen LogP contribution in [0.2, 0.25) is 0 Å². The first-order chi connectivity index (χ1) is 11.2. The van der Waals surface area contributed by atoms with Crippen molar-refractivity contribution in [2.24, 2.45) is 0 Å². The molecule has 0 aliphatic rings. The van der Waals surface area contributed by atoms with Gasteiger partial charge in [-0.3, -0.25) is 4.79 Å². The zero-order chi connectivity index (χ0) is 16.2. The number of rotatable bonds is 6. The smallest absolute Gasteiger partial charge is 0.204 e. The van der Waals surface area contributed by atoms with E-state index in [2.05, 4.69) is 26.2 Å². The molecule has 0 unspecified atom stereocenters. The second-order valence-corrected chi connectivity index (χ2v) is 6.35. The molecule has 4 nitrogen and oxygen atoms in total. The number of ketones is 1. The van der Waals surface area contributed by atoms with Gasteiger partial charge in [-0.05, 0) is 24.3 Å². The molecule has 0 atom stereocenters. The number of carbonyl (C=O) groups is 1. The van der Waals surface area contributed by atoms with Crippen LogP contribution in [0.1, 0.15) is 10.4 Å². The molecule has 1 N–H and O–H groups in total. The molecular formula is C17H16BrCl2N3O. The van der Waals surface area contributed by atoms with Crippen molar-refractivity contribution >= 4 is 62.7 Å². The fourth-order valence-corrected chi connectivity index (χ4v) is 2.76. The van der Waals surface area contributed by atoms with Gasteiger partial charge in [-0.25, -0.2) is 4.98 Å². The Morgan fingerprint density at radius 3 is 2.58 bits per heavy atom. The molecule has 1 heterocycles. The topological polar surface area (TPSA) is 46.9 Å². The van der Waals surface area contributed by atoms with Crippen molar-refractivity contribution in [2.45, 2.75) is 6.54 Å². The number of halogens is 3. The highest BCUT2D eigenvalue weighted by atomic mass is 79.9. The standard InChI is InChI=1S/C17H15BrClN3O.ClH/c18-13-7-5-12(6-8-13)16(23)11-22-15-4-2-1-3-14(15)21-17(22)20-10-9-19;/h1-8H,9-11H2,(H,20,21);1H. The highest BCUT2D eigenvalue weighted by Gasteiger charge is 2.14. The summed E-state index contributed by atoms with van der Waals surface area (Å²) >= 11 is 9.13. The molecule has 126 valence electrons. The molecule has 3 aromatic rings. The van der Waals surface area contributed by atoms with Gasteiger partial charge in [0.05, 0.1) is 17.6 Å². The SMILES string of the molecule is Cl.O=C(Cn1c(NCCCl)nc2ccccc21)c1ccc(Br)cc1. The van der Waals surface area contributed by atoms with E-state index in [-0.39, 0.29) is 24.7 Å². The number of carbonyl (C=O) groups excluding carboxylic acids is 1. The lowest BCUT2D eigenvalue weighted by Crippen LogP contribution is -2.15. The number of alkyl halides is 1. The van der Waals surface area contributed by atoms with Crippen LogP contribution in [0.5, 0.6) is 0 Å². The average molecular weight is 429 g/mol. The van der Waals surface area contributed by atoms with E-state index in [1.165, 1.54) is 0 Å². The first-order valence-corrected chi connectivity index (χ1v) is 8.55. The molecule has 0 amide bonds. The molecule has 7 heteroatoms. The van der Waals surface area contributed by atoms with Gasteiger partial charge in [0.1, 0.15) is 0 Å². The number of aromatic nitrogens is 2. The highest BCUT2D eigenvalue weighted by molar-refractivity contribution is 9.10. The molecule has 1 aromatic heterocycles. The van der Waals surface area contributed by atoms with Crippen LogP contribution in [0.4, 0.5) is 5.95 Å². The molecule has 0 saturated carbocycles. The van der Waals surface area contributed by atoms with E-state index in [4.69, 9.17) is 11.6 Å². The summed E-state index contributed by atoms with van der Waals surface area (Å²) in [6.45, 7) is 0.824. The Balaban J connectivity index is 0.00000208. The van der Waals surface area contributed by atoms with Crippen molar-refractivity contribution in [3.05, 3.63) is 58.6 Å². The Bertz CT molecular complexity index is 833. The van der Waals surface area contributed by atoms with Crippen LogP contribution in [-0.4, -0.2) is 27.8 Å². The Morgan fingerprint density at radius 1 is 1.17 bits per heavy atom. The number of hydrogen-bond acceptors (Lipinski definition) is 3. The number of imidazole rings is 1. The van der Waals surface area contributed by atoms with Crippen molar-refractivity contribution in [1.29, 1.82) is 0 Å². The number of anilines is 1. The average Bonchev–Trinajstić information content (AvgIpc) is 2.91. The van der Waals surface area contributed by atoms with E-state index in [1.807, 2.05) is 53.1 Å². The fourth-order valence-electron chi connectivity index (χ4n) is 2.40. The Labute approximate surface area is 159 Å². The fraction of sp³-hybridized carbons (Fsp3) is 0.176. The van der Waals surface area contributed by atoms with Crippen molar-refractivity contribution in [3.63, 3.8) is 0 Å². The van der Waals surface area contributed by atoms with Gasteiger partial charge in [-0.1, -0.05) is 40.2 Å². The summed E-state index contributed by atoms with van der Waals surface area (Å²) < 4.78 is 2.85. The maximum absolute atomic E-state index is 12.6. The molecule has 2 aromatic carbocycles. The van der Waals surface area contributed by atoms with E-state index in [0.717, 1.165) is 15.5 Å². The van der Waals surface area contributed by atoms with Crippen molar-refractivity contribution < 1.29 is 4.79 Å². The minimum atomic E-state index is 0. The normalized spacial score (nSPS) is 10.4. The van der Waals surface area contributed by atoms with Gasteiger partial charge >= 0.3 is 0 Å². The molecule has 3 rings (SSSR count). The third-order valence-corrected chi connectivity index (χ3v) is 4.22. The summed E-state index contributed by atoms with van der Waals surface area (Å²) in [7, 11) is 0. The van der Waals surface area contributed by atoms with Crippen molar-refractivity contribution in [2.75, 3.05) is 17.7 Å². The number of Topliss-reactive ketones (excluding diaryl/α,β-unsaturated/α-hetero) is 1. The van der Waals surface area contributed by atoms with Crippen LogP contribution < -0.4 is 5.32 Å². The highest BCUT2D eigenvalue weighted by Crippen LogP contribution is 2.20. The van der Waals surface area contributed by atoms with Crippen LogP contribution in [0.15, 0.2) is 53.0 Å². The number of nitrogens with one attached hydrogen (secondary N) is 1. The minimum Gasteiger partial charge on any atom is -0.354 e. The van der Waals surface area contributed by atoms with Gasteiger partial charge in [-0.2, -0.15) is 0 Å². The number of fused-ring (bicyclic) bond motifs is 1. The number of benzene rings is 2. The van der Waals surface area contributed by atoms with E-state index in [1.54, 1.807) is 0 Å². The van der Waals surface area contributed by atoms with Gasteiger partial charge in [0.15, 0.2) is 5.78 Å². The van der Waals surface area contributed by atoms with Crippen LogP contribution >= 0.6 is 39.9 Å². The zero-order valence-corrected chi connectivity index (χ0v) is 15.9. The maximum Gasteiger partial charge on any atom is 0.204 e. The van der Waals surface area contributed by atoms with Crippen LogP contribution in [0.25, 0.3) is 11.0 Å². The van der Waals surface area contributed by atoms with E-state index >= 15 is 0 Å². The predicted octanol–water partition coefficient (Wildman–Crippen LogP) is 4.75. The lowest BCUT2D eigenvalue weighted by atomic mass is 10.1. The first-order valence-electron chi connectivity index (χ1n) is 7.23. The molecule has 0 saturated heterocycles. The lowest BCUT2D eigenvalue weighted by Gasteiger charge is -2.09. The molecule has 0 radical (unpaired) electrons. The summed E-state index contributed by atoms with van der Waals surface area (Å²) in [5.74, 6) is 1.18. The Hall–Kier alpha value is -1.56. The molecular weight excluding hydrogens is 413 g/mol. The largest absolute Gasteiger partial charge is 0.354 e. The van der Waals surface area contributed by atoms with E-state index in [0.29, 0.717) is 23.9 Å². The van der Waals surface area contributed by atoms with Gasteiger partial charge in [0.25, 0.3) is 0 Å². The molecule has 0 aliphatic carbocycles. The van der Waals surface area contributed by atoms with Gasteiger partial charge in [-0.15, -0.1) is 24.0 Å². The molecule has 0 bridgehead atoms. The summed E-state index contributed by atoms with van der Waals surface area (Å²) in [5.41, 5.74) is 2.46. The van der Waals surface area contributed by atoms with E-state index in [9.17, 15) is 4.79 Å². The Kier molecular flexibility index (Phi) is 6.66. The monoisotopic (exact) mass is 427 g/mol. The molecule has 0 spiro atoms. The molecule has 0 aliphatic heterocycles. The first kappa shape index (κ1) is 18.8. The Morgan fingerprint density at radius 2 is 1.88 bits per heavy atom. The quantitative estimate of drug-likeness (QED) is 0.455. The summed E-state index contributed by atoms with van der Waals surface area (Å²) in [4.78, 5) is 17.1. The molecule has 24 heavy (non-hydrogen) atoms. The third kappa shape index (κ3) is 4.09. The number of para-hydroxylation sites is 2. The van der Waals surface area contributed by atoms with Gasteiger partial charge in [0.2, 0.25) is 5.95 Å². The second kappa shape index (κ2) is 8.51. The van der Waals surface area contributed by atoms with Crippen LogP contribution in [0.3, 0.4) is 0 Å². The molecule has 0 fully saturated rings. The lowest BCUT2D eigenvalue weighted by molar-refractivity contribution is 0.0974. The van der Waals surface area contributed by atoms with Gasteiger partial charge < -0.3 is 9.88 Å². The maximum atomic E-state index is 12.6. The summed E-state index contributed by atoms with van der Waals surface area (Å²) in [6, 6.07) is 15.1. The van der Waals surface area contributed by atoms with E-state index < -0.39 is 0 Å². The van der Waals surface area contributed by atoms with Gasteiger partial charge in [0, 0.05) is 22.5 Å². The number of nitrogens with zero attached hydrogens (tertiary/aromatic N) is 2. The summed E-state index contributed by atoms with van der Waals surface area (Å²) in [6.07, 6.45) is 0. The van der Waals surface area contributed by atoms with Crippen LogP contribution in [-0.2, 0) is 6.54 Å². The zero-order valence-electron chi connectivity index (χ0n) is 12.7. The number of hydrogen-bond donors (Lipinski definition) is 1. The van der Waals surface area contributed by atoms with Crippen molar-refractivity contribution in [3.8, 4) is 0 Å². The third-order valence-electron chi connectivity index (χ3n) is 3.50. The van der Waals surface area contributed by atoms with Crippen LogP contribution in [0, 0.1) is 0 Å². The van der Waals surface area contributed by atoms with Crippen molar-refractivity contribution in [1.82, 2.24) is 9.55 Å². The summed E-state index contributed by atoms with van der Waals surface area (Å²) in [5, 5.41) is 3.18. The second-order valence-electron chi connectivity index (χ2n) is 5.06.